The van der Waals surface area contributed by atoms with Gasteiger partial charge in [0.15, 0.2) is 11.6 Å². The lowest BCUT2D eigenvalue weighted by Gasteiger charge is -2.29. The van der Waals surface area contributed by atoms with Crippen LogP contribution in [0.2, 0.25) is 0 Å². The first kappa shape index (κ1) is 23.0. The van der Waals surface area contributed by atoms with Gasteiger partial charge < -0.3 is 14.2 Å². The minimum atomic E-state index is -3.70. The summed E-state index contributed by atoms with van der Waals surface area (Å²) in [5.74, 6) is -0.592. The molecule has 1 amide bonds. The molecular weight excluding hydrogens is 420 g/mol. The summed E-state index contributed by atoms with van der Waals surface area (Å²) < 4.78 is 33.8. The number of para-hydroxylation sites is 1. The largest absolute Gasteiger partial charge is 0.455 e. The zero-order valence-electron chi connectivity index (χ0n) is 18.0. The van der Waals surface area contributed by atoms with E-state index in [-0.39, 0.29) is 30.6 Å². The number of benzene rings is 1. The molecule has 9 nitrogen and oxygen atoms in total. The minimum absolute atomic E-state index is 0.0136. The highest BCUT2D eigenvalue weighted by molar-refractivity contribution is 7.89. The Labute approximate surface area is 182 Å². The lowest BCUT2D eigenvalue weighted by molar-refractivity contribution is -0.153. The van der Waals surface area contributed by atoms with E-state index >= 15 is 0 Å². The highest BCUT2D eigenvalue weighted by Crippen LogP contribution is 2.24. The van der Waals surface area contributed by atoms with E-state index in [0.29, 0.717) is 25.2 Å². The number of nitrogens with zero attached hydrogens (tertiary/aromatic N) is 4. The SMILES string of the molecule is CCN(C(=O)COC(=O)C1CCN(S(=O)(=O)c2cn(C)c(C)n2)CC1)c1ccccc1. The minimum Gasteiger partial charge on any atom is -0.455 e. The van der Waals surface area contributed by atoms with Gasteiger partial charge in [-0.25, -0.2) is 13.4 Å². The van der Waals surface area contributed by atoms with Crippen LogP contribution in [-0.2, 0) is 31.4 Å². The van der Waals surface area contributed by atoms with E-state index < -0.39 is 21.9 Å². The van der Waals surface area contributed by atoms with Crippen molar-refractivity contribution in [1.82, 2.24) is 13.9 Å². The summed E-state index contributed by atoms with van der Waals surface area (Å²) in [6.45, 7) is 4.12. The predicted molar refractivity (Wildman–Crippen MR) is 115 cm³/mol. The molecule has 0 atom stereocenters. The van der Waals surface area contributed by atoms with Crippen molar-refractivity contribution in [2.45, 2.75) is 31.7 Å². The molecule has 168 valence electrons. The van der Waals surface area contributed by atoms with Gasteiger partial charge in [0, 0.05) is 38.6 Å². The van der Waals surface area contributed by atoms with E-state index in [9.17, 15) is 18.0 Å². The molecule has 0 radical (unpaired) electrons. The van der Waals surface area contributed by atoms with Gasteiger partial charge in [0.1, 0.15) is 5.82 Å². The Kier molecular flexibility index (Phi) is 7.11. The molecule has 0 spiro atoms. The maximum atomic E-state index is 12.8. The smallest absolute Gasteiger partial charge is 0.309 e. The quantitative estimate of drug-likeness (QED) is 0.598. The van der Waals surface area contributed by atoms with Gasteiger partial charge in [0.2, 0.25) is 0 Å². The van der Waals surface area contributed by atoms with Gasteiger partial charge in [-0.3, -0.25) is 9.59 Å². The third-order valence-corrected chi connectivity index (χ3v) is 7.27. The van der Waals surface area contributed by atoms with Crippen molar-refractivity contribution >= 4 is 27.6 Å². The average Bonchev–Trinajstić information content (AvgIpc) is 3.12. The number of amides is 1. The number of rotatable bonds is 7. The van der Waals surface area contributed by atoms with Crippen molar-refractivity contribution in [3.05, 3.63) is 42.4 Å². The molecule has 0 saturated carbocycles. The van der Waals surface area contributed by atoms with Crippen LogP contribution in [0.15, 0.2) is 41.6 Å². The number of ether oxygens (including phenoxy) is 1. The standard InChI is InChI=1S/C21H28N4O5S/c1-4-25(18-8-6-5-7-9-18)20(26)15-30-21(27)17-10-12-24(13-11-17)31(28,29)19-14-23(3)16(2)22-19/h5-9,14,17H,4,10-13,15H2,1-3H3. The van der Waals surface area contributed by atoms with Gasteiger partial charge in [-0.05, 0) is 38.8 Å². The lowest BCUT2D eigenvalue weighted by Crippen LogP contribution is -2.41. The number of imidazole rings is 1. The molecule has 0 unspecified atom stereocenters. The normalized spacial score (nSPS) is 15.6. The Balaban J connectivity index is 1.52. The van der Waals surface area contributed by atoms with Crippen LogP contribution in [0, 0.1) is 12.8 Å². The summed E-state index contributed by atoms with van der Waals surface area (Å²) in [6, 6.07) is 9.19. The third kappa shape index (κ3) is 5.13. The molecular formula is C21H28N4O5S. The lowest BCUT2D eigenvalue weighted by atomic mass is 9.98. The molecule has 31 heavy (non-hydrogen) atoms. The summed E-state index contributed by atoms with van der Waals surface area (Å²) in [5.41, 5.74) is 0.745. The van der Waals surface area contributed by atoms with E-state index in [4.69, 9.17) is 4.74 Å². The van der Waals surface area contributed by atoms with Gasteiger partial charge in [-0.2, -0.15) is 4.31 Å². The number of likely N-dealkylation sites (N-methyl/N-ethyl adjacent to an activating group) is 1. The second-order valence-electron chi connectivity index (χ2n) is 7.50. The van der Waals surface area contributed by atoms with E-state index in [2.05, 4.69) is 4.98 Å². The molecule has 1 aliphatic rings. The number of esters is 1. The number of hydrogen-bond acceptors (Lipinski definition) is 6. The Morgan fingerprint density at radius 1 is 1.19 bits per heavy atom. The second kappa shape index (κ2) is 9.61. The third-order valence-electron chi connectivity index (χ3n) is 5.50. The number of sulfonamides is 1. The molecule has 3 rings (SSSR count). The Morgan fingerprint density at radius 3 is 2.39 bits per heavy atom. The fourth-order valence-corrected chi connectivity index (χ4v) is 5.05. The summed E-state index contributed by atoms with van der Waals surface area (Å²) >= 11 is 0. The van der Waals surface area contributed by atoms with E-state index in [1.807, 2.05) is 37.3 Å². The molecule has 2 heterocycles. The van der Waals surface area contributed by atoms with Crippen LogP contribution in [0.25, 0.3) is 0 Å². The van der Waals surface area contributed by atoms with Crippen LogP contribution in [0.5, 0.6) is 0 Å². The summed E-state index contributed by atoms with van der Waals surface area (Å²) in [5, 5.41) is 0.0136. The molecule has 1 aliphatic heterocycles. The number of aromatic nitrogens is 2. The fourth-order valence-electron chi connectivity index (χ4n) is 3.55. The van der Waals surface area contributed by atoms with Crippen molar-refractivity contribution < 1.29 is 22.7 Å². The monoisotopic (exact) mass is 448 g/mol. The number of carbonyl (C=O) groups is 2. The van der Waals surface area contributed by atoms with Crippen LogP contribution in [-0.4, -0.2) is 60.4 Å². The zero-order chi connectivity index (χ0) is 22.6. The first-order valence-corrected chi connectivity index (χ1v) is 11.7. The Bertz CT molecular complexity index is 1010. The topological polar surface area (TPSA) is 102 Å². The van der Waals surface area contributed by atoms with Crippen molar-refractivity contribution in [2.24, 2.45) is 13.0 Å². The van der Waals surface area contributed by atoms with Crippen molar-refractivity contribution in [1.29, 1.82) is 0 Å². The summed E-state index contributed by atoms with van der Waals surface area (Å²) in [6.07, 6.45) is 2.17. The second-order valence-corrected chi connectivity index (χ2v) is 9.38. The fraction of sp³-hybridized carbons (Fsp3) is 0.476. The number of piperidine rings is 1. The van der Waals surface area contributed by atoms with E-state index in [0.717, 1.165) is 5.69 Å². The number of carbonyl (C=O) groups excluding carboxylic acids is 2. The van der Waals surface area contributed by atoms with Crippen LogP contribution >= 0.6 is 0 Å². The summed E-state index contributed by atoms with van der Waals surface area (Å²) in [7, 11) is -1.96. The van der Waals surface area contributed by atoms with E-state index in [1.54, 1.807) is 23.4 Å². The first-order valence-electron chi connectivity index (χ1n) is 10.3. The Hall–Kier alpha value is -2.72. The van der Waals surface area contributed by atoms with Gasteiger partial charge in [0.05, 0.1) is 5.92 Å². The van der Waals surface area contributed by atoms with Crippen LogP contribution < -0.4 is 4.90 Å². The Morgan fingerprint density at radius 2 is 1.84 bits per heavy atom. The molecule has 0 aliphatic carbocycles. The molecule has 1 fully saturated rings. The van der Waals surface area contributed by atoms with Crippen LogP contribution in [0.4, 0.5) is 5.69 Å². The molecule has 1 aromatic heterocycles. The van der Waals surface area contributed by atoms with Crippen molar-refractivity contribution in [3.63, 3.8) is 0 Å². The van der Waals surface area contributed by atoms with Crippen molar-refractivity contribution in [3.8, 4) is 0 Å². The highest BCUT2D eigenvalue weighted by atomic mass is 32.2. The van der Waals surface area contributed by atoms with Gasteiger partial charge in [-0.1, -0.05) is 18.2 Å². The average molecular weight is 449 g/mol. The molecule has 2 aromatic rings. The predicted octanol–water partition coefficient (Wildman–Crippen LogP) is 1.73. The van der Waals surface area contributed by atoms with Crippen LogP contribution in [0.1, 0.15) is 25.6 Å². The maximum absolute atomic E-state index is 12.8. The van der Waals surface area contributed by atoms with Crippen molar-refractivity contribution in [2.75, 3.05) is 31.1 Å². The molecule has 1 saturated heterocycles. The molecule has 0 N–H and O–H groups in total. The summed E-state index contributed by atoms with van der Waals surface area (Å²) in [4.78, 5) is 30.6. The zero-order valence-corrected chi connectivity index (χ0v) is 18.8. The molecule has 10 heteroatoms. The number of aryl methyl sites for hydroxylation is 2. The maximum Gasteiger partial charge on any atom is 0.309 e. The van der Waals surface area contributed by atoms with Crippen LogP contribution in [0.3, 0.4) is 0 Å². The van der Waals surface area contributed by atoms with Gasteiger partial charge in [-0.15, -0.1) is 0 Å². The first-order chi connectivity index (χ1) is 14.7. The number of anilines is 1. The highest BCUT2D eigenvalue weighted by Gasteiger charge is 2.34. The number of hydrogen-bond donors (Lipinski definition) is 0. The molecule has 1 aromatic carbocycles. The van der Waals surface area contributed by atoms with Gasteiger partial charge >= 0.3 is 5.97 Å². The van der Waals surface area contributed by atoms with E-state index in [1.165, 1.54) is 10.5 Å². The van der Waals surface area contributed by atoms with Gasteiger partial charge in [0.25, 0.3) is 15.9 Å². The molecule has 0 bridgehead atoms.